The van der Waals surface area contributed by atoms with Crippen molar-refractivity contribution >= 4 is 33.0 Å². The van der Waals surface area contributed by atoms with Crippen LogP contribution in [0.15, 0.2) is 56.8 Å². The van der Waals surface area contributed by atoms with Gasteiger partial charge in [0.05, 0.1) is 17.1 Å². The topological polar surface area (TPSA) is 47.2 Å². The van der Waals surface area contributed by atoms with E-state index < -0.39 is 0 Å². The van der Waals surface area contributed by atoms with Crippen LogP contribution in [0.25, 0.3) is 10.9 Å². The van der Waals surface area contributed by atoms with E-state index in [0.29, 0.717) is 22.3 Å². The van der Waals surface area contributed by atoms with Gasteiger partial charge in [0.15, 0.2) is 0 Å². The molecule has 0 unspecified atom stereocenters. The Bertz CT molecular complexity index is 1030. The molecule has 0 radical (unpaired) electrons. The second kappa shape index (κ2) is 6.52. The van der Waals surface area contributed by atoms with E-state index in [1.54, 1.807) is 24.3 Å². The number of rotatable bonds is 2. The monoisotopic (exact) mass is 401 g/mol. The summed E-state index contributed by atoms with van der Waals surface area (Å²) in [6.07, 6.45) is 1.46. The standard InChI is InChI=1S/C19H17BrFN3O/c1-19(2,3)18-23-16-8-7-13(20)10-15(16)17(25)24(18)22-11-12-5-4-6-14(21)9-12/h4-11H,1-3H3. The van der Waals surface area contributed by atoms with Gasteiger partial charge in [0, 0.05) is 9.89 Å². The van der Waals surface area contributed by atoms with Crippen LogP contribution in [0.2, 0.25) is 0 Å². The molecule has 0 aliphatic carbocycles. The highest BCUT2D eigenvalue weighted by molar-refractivity contribution is 9.10. The third-order valence-corrected chi connectivity index (χ3v) is 4.14. The Balaban J connectivity index is 2.24. The van der Waals surface area contributed by atoms with Crippen molar-refractivity contribution in [2.45, 2.75) is 26.2 Å². The normalized spacial score (nSPS) is 12.2. The van der Waals surface area contributed by atoms with Gasteiger partial charge in [-0.1, -0.05) is 48.8 Å². The lowest BCUT2D eigenvalue weighted by Crippen LogP contribution is -2.29. The van der Waals surface area contributed by atoms with Crippen LogP contribution in [0.4, 0.5) is 4.39 Å². The van der Waals surface area contributed by atoms with Gasteiger partial charge in [-0.05, 0) is 35.9 Å². The summed E-state index contributed by atoms with van der Waals surface area (Å²) in [7, 11) is 0. The van der Waals surface area contributed by atoms with E-state index in [0.717, 1.165) is 4.47 Å². The first-order valence-electron chi connectivity index (χ1n) is 7.78. The zero-order valence-electron chi connectivity index (χ0n) is 14.1. The third-order valence-electron chi connectivity index (χ3n) is 3.65. The van der Waals surface area contributed by atoms with Gasteiger partial charge in [-0.15, -0.1) is 0 Å². The molecule has 2 aromatic carbocycles. The highest BCUT2D eigenvalue weighted by Crippen LogP contribution is 2.22. The van der Waals surface area contributed by atoms with Gasteiger partial charge in [0.25, 0.3) is 5.56 Å². The number of aromatic nitrogens is 2. The summed E-state index contributed by atoms with van der Waals surface area (Å²) in [6.45, 7) is 5.90. The minimum Gasteiger partial charge on any atom is -0.267 e. The fourth-order valence-electron chi connectivity index (χ4n) is 2.45. The Morgan fingerprint density at radius 2 is 1.96 bits per heavy atom. The molecule has 0 saturated carbocycles. The molecule has 0 saturated heterocycles. The average molecular weight is 402 g/mol. The third kappa shape index (κ3) is 3.69. The van der Waals surface area contributed by atoms with Crippen molar-refractivity contribution in [1.29, 1.82) is 0 Å². The number of benzene rings is 2. The van der Waals surface area contributed by atoms with E-state index in [-0.39, 0.29) is 16.8 Å². The first kappa shape index (κ1) is 17.5. The molecule has 1 aromatic heterocycles. The van der Waals surface area contributed by atoms with Crippen molar-refractivity contribution in [3.63, 3.8) is 0 Å². The highest BCUT2D eigenvalue weighted by Gasteiger charge is 2.22. The van der Waals surface area contributed by atoms with Crippen LogP contribution in [0, 0.1) is 5.82 Å². The number of nitrogens with zero attached hydrogens (tertiary/aromatic N) is 3. The lowest BCUT2D eigenvalue weighted by atomic mass is 9.95. The number of halogens is 2. The van der Waals surface area contributed by atoms with Gasteiger partial charge >= 0.3 is 0 Å². The molecule has 6 heteroatoms. The molecule has 0 amide bonds. The van der Waals surface area contributed by atoms with Crippen LogP contribution >= 0.6 is 15.9 Å². The number of hydrogen-bond donors (Lipinski definition) is 0. The minimum absolute atomic E-state index is 0.260. The van der Waals surface area contributed by atoms with E-state index in [1.807, 2.05) is 26.8 Å². The van der Waals surface area contributed by atoms with Crippen LogP contribution in [-0.4, -0.2) is 15.9 Å². The second-order valence-corrected chi connectivity index (χ2v) is 7.68. The van der Waals surface area contributed by atoms with E-state index in [1.165, 1.54) is 23.0 Å². The van der Waals surface area contributed by atoms with Gasteiger partial charge in [-0.25, -0.2) is 9.37 Å². The van der Waals surface area contributed by atoms with Crippen molar-refractivity contribution in [2.75, 3.05) is 0 Å². The smallest absolute Gasteiger partial charge is 0.267 e. The van der Waals surface area contributed by atoms with Gasteiger partial charge in [0.1, 0.15) is 11.6 Å². The zero-order valence-corrected chi connectivity index (χ0v) is 15.7. The predicted molar refractivity (Wildman–Crippen MR) is 102 cm³/mol. The first-order chi connectivity index (χ1) is 11.8. The van der Waals surface area contributed by atoms with Crippen molar-refractivity contribution in [3.05, 3.63) is 74.5 Å². The van der Waals surface area contributed by atoms with Crippen molar-refractivity contribution in [1.82, 2.24) is 9.66 Å². The second-order valence-electron chi connectivity index (χ2n) is 6.76. The van der Waals surface area contributed by atoms with E-state index in [4.69, 9.17) is 0 Å². The summed E-state index contributed by atoms with van der Waals surface area (Å²) in [5.41, 5.74) is 0.542. The maximum atomic E-state index is 13.3. The largest absolute Gasteiger partial charge is 0.282 e. The van der Waals surface area contributed by atoms with Crippen LogP contribution in [0.1, 0.15) is 32.2 Å². The minimum atomic E-state index is -0.389. The van der Waals surface area contributed by atoms with Crippen LogP contribution in [-0.2, 0) is 5.41 Å². The number of fused-ring (bicyclic) bond motifs is 1. The van der Waals surface area contributed by atoms with E-state index >= 15 is 0 Å². The van der Waals surface area contributed by atoms with Gasteiger partial charge < -0.3 is 0 Å². The van der Waals surface area contributed by atoms with Crippen LogP contribution in [0.5, 0.6) is 0 Å². The molecule has 128 valence electrons. The maximum Gasteiger partial charge on any atom is 0.282 e. The fourth-order valence-corrected chi connectivity index (χ4v) is 2.81. The molecule has 0 fully saturated rings. The Morgan fingerprint density at radius 1 is 1.20 bits per heavy atom. The highest BCUT2D eigenvalue weighted by atomic mass is 79.9. The molecule has 0 atom stereocenters. The Kier molecular flexibility index (Phi) is 4.56. The summed E-state index contributed by atoms with van der Waals surface area (Å²) in [5, 5.41) is 4.77. The predicted octanol–water partition coefficient (Wildman–Crippen LogP) is 4.48. The molecular formula is C19H17BrFN3O. The summed E-state index contributed by atoms with van der Waals surface area (Å²) < 4.78 is 15.4. The molecule has 3 aromatic rings. The van der Waals surface area contributed by atoms with E-state index in [9.17, 15) is 9.18 Å². The molecule has 0 aliphatic heterocycles. The molecule has 4 nitrogen and oxygen atoms in total. The molecule has 0 spiro atoms. The van der Waals surface area contributed by atoms with Gasteiger partial charge in [-0.2, -0.15) is 9.78 Å². The fraction of sp³-hybridized carbons (Fsp3) is 0.211. The quantitative estimate of drug-likeness (QED) is 0.594. The Morgan fingerprint density at radius 3 is 2.64 bits per heavy atom. The summed E-state index contributed by atoms with van der Waals surface area (Å²) >= 11 is 3.38. The molecule has 25 heavy (non-hydrogen) atoms. The summed E-state index contributed by atoms with van der Waals surface area (Å²) in [5.74, 6) is 0.188. The van der Waals surface area contributed by atoms with E-state index in [2.05, 4.69) is 26.0 Å². The molecule has 0 aliphatic rings. The molecule has 3 rings (SSSR count). The zero-order chi connectivity index (χ0) is 18.2. The van der Waals surface area contributed by atoms with Crippen LogP contribution in [0.3, 0.4) is 0 Å². The lowest BCUT2D eigenvalue weighted by Gasteiger charge is -2.20. The van der Waals surface area contributed by atoms with Crippen molar-refractivity contribution in [2.24, 2.45) is 5.10 Å². The Hall–Kier alpha value is -2.34. The molecule has 1 heterocycles. The molecular weight excluding hydrogens is 385 g/mol. The first-order valence-corrected chi connectivity index (χ1v) is 8.58. The average Bonchev–Trinajstić information content (AvgIpc) is 2.53. The van der Waals surface area contributed by atoms with Crippen molar-refractivity contribution in [3.8, 4) is 0 Å². The maximum absolute atomic E-state index is 13.3. The molecule has 0 N–H and O–H groups in total. The lowest BCUT2D eigenvalue weighted by molar-refractivity contribution is 0.506. The summed E-state index contributed by atoms with van der Waals surface area (Å²) in [4.78, 5) is 17.6. The summed E-state index contributed by atoms with van der Waals surface area (Å²) in [6, 6.07) is 11.4. The SMILES string of the molecule is CC(C)(C)c1nc2ccc(Br)cc2c(=O)n1N=Cc1cccc(F)c1. The van der Waals surface area contributed by atoms with Gasteiger partial charge in [0.2, 0.25) is 0 Å². The van der Waals surface area contributed by atoms with Gasteiger partial charge in [-0.3, -0.25) is 4.79 Å². The van der Waals surface area contributed by atoms with Crippen molar-refractivity contribution < 1.29 is 4.39 Å². The van der Waals surface area contributed by atoms with Crippen LogP contribution < -0.4 is 5.56 Å². The molecule has 0 bridgehead atoms. The number of hydrogen-bond acceptors (Lipinski definition) is 3. The Labute approximate surface area is 153 Å².